The number of aryl methyl sites for hydroxylation is 3. The van der Waals surface area contributed by atoms with E-state index in [0.717, 1.165) is 0 Å². The number of hydrogen-bond acceptors (Lipinski definition) is 4. The van der Waals surface area contributed by atoms with E-state index in [1.807, 2.05) is 22.2 Å². The molecule has 0 saturated heterocycles. The summed E-state index contributed by atoms with van der Waals surface area (Å²) < 4.78 is 5.71. The van der Waals surface area contributed by atoms with E-state index in [4.69, 9.17) is 4.74 Å². The first-order chi connectivity index (χ1) is 10.5. The predicted molar refractivity (Wildman–Crippen MR) is 89.4 cm³/mol. The Labute approximate surface area is 133 Å². The highest BCUT2D eigenvalue weighted by atomic mass is 16.5. The minimum Gasteiger partial charge on any atom is -0.463 e. The Morgan fingerprint density at radius 1 is 1.14 bits per heavy atom. The average Bonchev–Trinajstić information content (AvgIpc) is 3.05. The van der Waals surface area contributed by atoms with Gasteiger partial charge in [-0.25, -0.2) is 4.99 Å². The minimum absolute atomic E-state index is 0.238. The number of anilines is 1. The molecule has 0 unspecified atom stereocenters. The van der Waals surface area contributed by atoms with Crippen molar-refractivity contribution in [2.45, 2.75) is 40.7 Å². The highest BCUT2D eigenvalue weighted by Crippen LogP contribution is 2.31. The van der Waals surface area contributed by atoms with Gasteiger partial charge in [-0.3, -0.25) is 4.90 Å². The van der Waals surface area contributed by atoms with E-state index in [1.54, 1.807) is 0 Å². The van der Waals surface area contributed by atoms with Gasteiger partial charge in [0.2, 0.25) is 6.67 Å². The normalized spacial score (nSPS) is 20.8. The third-order valence-corrected chi connectivity index (χ3v) is 4.09. The molecule has 4 nitrogen and oxygen atoms in total. The van der Waals surface area contributed by atoms with Crippen LogP contribution in [0.25, 0.3) is 0 Å². The van der Waals surface area contributed by atoms with Gasteiger partial charge in [-0.1, -0.05) is 31.5 Å². The SMILES string of the molecule is Cc1cc(C)c(N2[C]N(C3=N[C@@H](C(C)C)CO3)C=C2)c(C)c1. The molecule has 22 heavy (non-hydrogen) atoms. The van der Waals surface area contributed by atoms with Crippen molar-refractivity contribution in [1.82, 2.24) is 4.90 Å². The molecule has 2 aliphatic rings. The van der Waals surface area contributed by atoms with Crippen LogP contribution in [0.1, 0.15) is 30.5 Å². The van der Waals surface area contributed by atoms with E-state index < -0.39 is 0 Å². The quantitative estimate of drug-likeness (QED) is 0.834. The third-order valence-electron chi connectivity index (χ3n) is 4.09. The van der Waals surface area contributed by atoms with Crippen molar-refractivity contribution in [3.8, 4) is 0 Å². The van der Waals surface area contributed by atoms with E-state index in [0.29, 0.717) is 18.5 Å². The molecule has 1 aromatic carbocycles. The van der Waals surface area contributed by atoms with Gasteiger partial charge in [-0.05, 0) is 37.8 Å². The molecule has 0 N–H and O–H groups in total. The number of amidine groups is 1. The Kier molecular flexibility index (Phi) is 3.85. The van der Waals surface area contributed by atoms with Gasteiger partial charge in [0, 0.05) is 18.1 Å². The summed E-state index contributed by atoms with van der Waals surface area (Å²) in [5, 5.41) is 0. The minimum atomic E-state index is 0.238. The van der Waals surface area contributed by atoms with E-state index in [1.165, 1.54) is 22.4 Å². The monoisotopic (exact) mass is 297 g/mol. The van der Waals surface area contributed by atoms with E-state index in [9.17, 15) is 0 Å². The van der Waals surface area contributed by atoms with Gasteiger partial charge in [0.1, 0.15) is 6.61 Å². The molecule has 116 valence electrons. The lowest BCUT2D eigenvalue weighted by Gasteiger charge is -2.22. The Bertz CT molecular complexity index is 610. The summed E-state index contributed by atoms with van der Waals surface area (Å²) in [7, 11) is 0. The lowest BCUT2D eigenvalue weighted by atomic mass is 10.0. The number of rotatable bonds is 2. The van der Waals surface area contributed by atoms with Gasteiger partial charge in [0.05, 0.1) is 6.04 Å². The van der Waals surface area contributed by atoms with Crippen LogP contribution < -0.4 is 4.90 Å². The van der Waals surface area contributed by atoms with Crippen LogP contribution in [0.5, 0.6) is 0 Å². The molecule has 0 spiro atoms. The van der Waals surface area contributed by atoms with Crippen molar-refractivity contribution in [3.63, 3.8) is 0 Å². The maximum Gasteiger partial charge on any atom is 0.294 e. The summed E-state index contributed by atoms with van der Waals surface area (Å²) in [6.07, 6.45) is 3.94. The standard InChI is InChI=1S/C18H23N3O/c1-12(2)16-10-22-18(19-16)21-7-6-20(11-21)17-14(4)8-13(3)9-15(17)5/h6-9,12,16H,10H2,1-5H3/t16-/m1/s1. The molecular formula is C18H23N3O. The summed E-state index contributed by atoms with van der Waals surface area (Å²) >= 11 is 0. The lowest BCUT2D eigenvalue weighted by Crippen LogP contribution is -2.26. The van der Waals surface area contributed by atoms with Gasteiger partial charge in [-0.2, -0.15) is 0 Å². The van der Waals surface area contributed by atoms with Crippen LogP contribution >= 0.6 is 0 Å². The highest BCUT2D eigenvalue weighted by molar-refractivity contribution is 5.79. The first-order valence-corrected chi connectivity index (χ1v) is 7.77. The molecule has 1 atom stereocenters. The first kappa shape index (κ1) is 14.9. The van der Waals surface area contributed by atoms with Gasteiger partial charge < -0.3 is 9.64 Å². The predicted octanol–water partition coefficient (Wildman–Crippen LogP) is 3.61. The summed E-state index contributed by atoms with van der Waals surface area (Å²) in [6, 6.07) is 5.26. The third kappa shape index (κ3) is 2.70. The molecule has 4 heteroatoms. The largest absolute Gasteiger partial charge is 0.463 e. The Morgan fingerprint density at radius 3 is 2.36 bits per heavy atom. The zero-order chi connectivity index (χ0) is 15.9. The second-order valence-corrected chi connectivity index (χ2v) is 6.42. The summed E-state index contributed by atoms with van der Waals surface area (Å²) in [4.78, 5) is 8.48. The van der Waals surface area contributed by atoms with Crippen molar-refractivity contribution in [3.05, 3.63) is 47.9 Å². The lowest BCUT2D eigenvalue weighted by molar-refractivity contribution is 0.267. The van der Waals surface area contributed by atoms with Gasteiger partial charge in [-0.15, -0.1) is 0 Å². The molecule has 2 heterocycles. The van der Waals surface area contributed by atoms with Crippen LogP contribution in [0.3, 0.4) is 0 Å². The number of ether oxygens (including phenoxy) is 1. The van der Waals surface area contributed by atoms with Gasteiger partial charge in [0.25, 0.3) is 6.02 Å². The zero-order valence-corrected chi connectivity index (χ0v) is 13.9. The molecule has 2 aliphatic heterocycles. The molecule has 0 amide bonds. The zero-order valence-electron chi connectivity index (χ0n) is 13.9. The Morgan fingerprint density at radius 2 is 1.77 bits per heavy atom. The second-order valence-electron chi connectivity index (χ2n) is 6.42. The van der Waals surface area contributed by atoms with Crippen LogP contribution in [0.15, 0.2) is 29.5 Å². The van der Waals surface area contributed by atoms with Gasteiger partial charge >= 0.3 is 0 Å². The Hall–Kier alpha value is -1.97. The molecule has 1 aromatic rings. The molecule has 0 aliphatic carbocycles. The highest BCUT2D eigenvalue weighted by Gasteiger charge is 2.29. The molecule has 0 bridgehead atoms. The number of nitrogens with zero attached hydrogens (tertiary/aromatic N) is 3. The van der Waals surface area contributed by atoms with E-state index in [2.05, 4.69) is 58.4 Å². The van der Waals surface area contributed by atoms with Crippen molar-refractivity contribution < 1.29 is 4.74 Å². The number of aliphatic imine (C=N–C) groups is 1. The maximum absolute atomic E-state index is 5.71. The molecule has 0 saturated carbocycles. The summed E-state index contributed by atoms with van der Waals surface area (Å²) in [6.45, 7) is 14.7. The maximum atomic E-state index is 5.71. The van der Waals surface area contributed by atoms with Gasteiger partial charge in [0.15, 0.2) is 0 Å². The van der Waals surface area contributed by atoms with E-state index >= 15 is 0 Å². The topological polar surface area (TPSA) is 28.1 Å². The average molecular weight is 297 g/mol. The number of benzene rings is 1. The van der Waals surface area contributed by atoms with Crippen molar-refractivity contribution in [2.24, 2.45) is 10.9 Å². The van der Waals surface area contributed by atoms with Crippen LogP contribution in [0, 0.1) is 33.4 Å². The molecular weight excluding hydrogens is 274 g/mol. The molecule has 0 aromatic heterocycles. The second kappa shape index (κ2) is 5.67. The fourth-order valence-electron chi connectivity index (χ4n) is 2.95. The summed E-state index contributed by atoms with van der Waals surface area (Å²) in [5.41, 5.74) is 4.93. The molecule has 3 rings (SSSR count). The molecule has 2 radical (unpaired) electrons. The van der Waals surface area contributed by atoms with Crippen LogP contribution in [0.2, 0.25) is 0 Å². The van der Waals surface area contributed by atoms with Crippen molar-refractivity contribution >= 4 is 11.7 Å². The number of hydrogen-bond donors (Lipinski definition) is 0. The van der Waals surface area contributed by atoms with E-state index in [-0.39, 0.29) is 6.04 Å². The van der Waals surface area contributed by atoms with Crippen molar-refractivity contribution in [2.75, 3.05) is 11.5 Å². The van der Waals surface area contributed by atoms with Crippen molar-refractivity contribution in [1.29, 1.82) is 0 Å². The fourth-order valence-corrected chi connectivity index (χ4v) is 2.95. The smallest absolute Gasteiger partial charge is 0.294 e. The van der Waals surface area contributed by atoms with Crippen LogP contribution in [-0.4, -0.2) is 23.6 Å². The van der Waals surface area contributed by atoms with Crippen LogP contribution in [0.4, 0.5) is 5.69 Å². The molecule has 0 fully saturated rings. The first-order valence-electron chi connectivity index (χ1n) is 7.77. The van der Waals surface area contributed by atoms with Crippen LogP contribution in [-0.2, 0) is 4.74 Å². The summed E-state index contributed by atoms with van der Waals surface area (Å²) in [5.74, 6) is 0.488. The Balaban J connectivity index is 1.77. The fraction of sp³-hybridized carbons (Fsp3) is 0.444.